The van der Waals surface area contributed by atoms with E-state index in [4.69, 9.17) is 10.5 Å². The number of hydrogen-bond acceptors (Lipinski definition) is 3. The molecule has 0 amide bonds. The van der Waals surface area contributed by atoms with Gasteiger partial charge in [0.15, 0.2) is 0 Å². The number of rotatable bonds is 4. The zero-order chi connectivity index (χ0) is 10.7. The minimum atomic E-state index is 0. The highest BCUT2D eigenvalue weighted by molar-refractivity contribution is 5.85. The first kappa shape index (κ1) is 14.2. The molecular formula is C12H25ClN2O. The van der Waals surface area contributed by atoms with Crippen molar-refractivity contribution in [2.24, 2.45) is 17.1 Å². The van der Waals surface area contributed by atoms with Gasteiger partial charge in [-0.15, -0.1) is 12.4 Å². The molecule has 3 nitrogen and oxygen atoms in total. The average Bonchev–Trinajstić information content (AvgIpc) is 2.85. The van der Waals surface area contributed by atoms with Crippen LogP contribution in [0.3, 0.4) is 0 Å². The van der Waals surface area contributed by atoms with Gasteiger partial charge in [0.2, 0.25) is 0 Å². The van der Waals surface area contributed by atoms with E-state index in [0.29, 0.717) is 5.41 Å². The third kappa shape index (κ3) is 3.59. The molecule has 0 bridgehead atoms. The van der Waals surface area contributed by atoms with Crippen molar-refractivity contribution >= 4 is 12.4 Å². The normalized spacial score (nSPS) is 35.2. The molecule has 2 N–H and O–H groups in total. The van der Waals surface area contributed by atoms with Crippen molar-refractivity contribution in [3.8, 4) is 0 Å². The van der Waals surface area contributed by atoms with E-state index in [2.05, 4.69) is 11.8 Å². The topological polar surface area (TPSA) is 38.5 Å². The summed E-state index contributed by atoms with van der Waals surface area (Å²) in [5.74, 6) is 0.815. The number of nitrogens with zero attached hydrogens (tertiary/aromatic N) is 1. The lowest BCUT2D eigenvalue weighted by Crippen LogP contribution is -2.32. The summed E-state index contributed by atoms with van der Waals surface area (Å²) in [6.07, 6.45) is 3.84. The summed E-state index contributed by atoms with van der Waals surface area (Å²) in [4.78, 5) is 2.57. The van der Waals surface area contributed by atoms with Crippen molar-refractivity contribution in [1.29, 1.82) is 0 Å². The van der Waals surface area contributed by atoms with Gasteiger partial charge < -0.3 is 15.4 Å². The van der Waals surface area contributed by atoms with Gasteiger partial charge in [0, 0.05) is 19.8 Å². The summed E-state index contributed by atoms with van der Waals surface area (Å²) in [7, 11) is 0. The monoisotopic (exact) mass is 248 g/mol. The Hall–Kier alpha value is 0.170. The minimum Gasteiger partial charge on any atom is -0.381 e. The van der Waals surface area contributed by atoms with Crippen LogP contribution in [0, 0.1) is 11.3 Å². The van der Waals surface area contributed by atoms with Crippen molar-refractivity contribution < 1.29 is 4.74 Å². The summed E-state index contributed by atoms with van der Waals surface area (Å²) in [6, 6.07) is 0. The maximum atomic E-state index is 5.80. The van der Waals surface area contributed by atoms with Gasteiger partial charge in [-0.25, -0.2) is 0 Å². The Balaban J connectivity index is 0.00000128. The van der Waals surface area contributed by atoms with Gasteiger partial charge in [0.05, 0.1) is 0 Å². The molecular weight excluding hydrogens is 224 g/mol. The summed E-state index contributed by atoms with van der Waals surface area (Å²) >= 11 is 0. The highest BCUT2D eigenvalue weighted by Crippen LogP contribution is 2.29. The molecule has 2 aliphatic rings. The summed E-state index contributed by atoms with van der Waals surface area (Å²) < 4.78 is 5.40. The zero-order valence-electron chi connectivity index (χ0n) is 10.3. The SMILES string of the molecule is CC1(CN)CCN(CCC2CCOC2)C1.Cl. The fourth-order valence-corrected chi connectivity index (χ4v) is 2.66. The minimum absolute atomic E-state index is 0. The number of halogens is 1. The summed E-state index contributed by atoms with van der Waals surface area (Å²) in [6.45, 7) is 8.77. The second kappa shape index (κ2) is 6.20. The van der Waals surface area contributed by atoms with Crippen molar-refractivity contribution in [1.82, 2.24) is 4.90 Å². The maximum absolute atomic E-state index is 5.80. The predicted octanol–water partition coefficient (Wildman–Crippen LogP) is 1.51. The lowest BCUT2D eigenvalue weighted by molar-refractivity contribution is 0.179. The Morgan fingerprint density at radius 3 is 2.88 bits per heavy atom. The molecule has 0 aromatic carbocycles. The third-order valence-electron chi connectivity index (χ3n) is 4.01. The van der Waals surface area contributed by atoms with E-state index in [1.165, 1.54) is 38.9 Å². The zero-order valence-corrected chi connectivity index (χ0v) is 11.1. The van der Waals surface area contributed by atoms with E-state index >= 15 is 0 Å². The number of hydrogen-bond donors (Lipinski definition) is 1. The van der Waals surface area contributed by atoms with Crippen LogP contribution in [0.15, 0.2) is 0 Å². The van der Waals surface area contributed by atoms with Crippen LogP contribution >= 0.6 is 12.4 Å². The molecule has 2 saturated heterocycles. The quantitative estimate of drug-likeness (QED) is 0.820. The molecule has 0 saturated carbocycles. The highest BCUT2D eigenvalue weighted by Gasteiger charge is 2.32. The standard InChI is InChI=1S/C12H24N2O.ClH/c1-12(9-13)4-6-14(10-12)5-2-11-3-7-15-8-11;/h11H,2-10,13H2,1H3;1H. The van der Waals surface area contributed by atoms with Gasteiger partial charge in [0.1, 0.15) is 0 Å². The van der Waals surface area contributed by atoms with Crippen molar-refractivity contribution in [2.45, 2.75) is 26.2 Å². The molecule has 2 aliphatic heterocycles. The fourth-order valence-electron chi connectivity index (χ4n) is 2.66. The molecule has 4 heteroatoms. The van der Waals surface area contributed by atoms with Gasteiger partial charge in [-0.1, -0.05) is 6.92 Å². The van der Waals surface area contributed by atoms with Gasteiger partial charge >= 0.3 is 0 Å². The second-order valence-electron chi connectivity index (χ2n) is 5.56. The molecule has 0 radical (unpaired) electrons. The molecule has 2 unspecified atom stereocenters. The molecule has 2 fully saturated rings. The summed E-state index contributed by atoms with van der Waals surface area (Å²) in [5.41, 5.74) is 6.18. The van der Waals surface area contributed by atoms with Crippen molar-refractivity contribution in [3.05, 3.63) is 0 Å². The Morgan fingerprint density at radius 2 is 2.31 bits per heavy atom. The van der Waals surface area contributed by atoms with Crippen LogP contribution in [0.2, 0.25) is 0 Å². The third-order valence-corrected chi connectivity index (χ3v) is 4.01. The van der Waals surface area contributed by atoms with Crippen LogP contribution in [0.4, 0.5) is 0 Å². The second-order valence-corrected chi connectivity index (χ2v) is 5.56. The van der Waals surface area contributed by atoms with Crippen molar-refractivity contribution in [3.63, 3.8) is 0 Å². The van der Waals surface area contributed by atoms with E-state index in [1.54, 1.807) is 0 Å². The lowest BCUT2D eigenvalue weighted by atomic mass is 9.90. The Bertz CT molecular complexity index is 209. The van der Waals surface area contributed by atoms with Gasteiger partial charge in [-0.3, -0.25) is 0 Å². The molecule has 16 heavy (non-hydrogen) atoms. The molecule has 0 spiro atoms. The number of ether oxygens (including phenoxy) is 1. The lowest BCUT2D eigenvalue weighted by Gasteiger charge is -2.23. The van der Waals surface area contributed by atoms with Crippen LogP contribution < -0.4 is 5.73 Å². The first-order chi connectivity index (χ1) is 7.22. The van der Waals surface area contributed by atoms with E-state index < -0.39 is 0 Å². The van der Waals surface area contributed by atoms with Crippen LogP contribution in [0.1, 0.15) is 26.2 Å². The molecule has 0 aromatic heterocycles. The maximum Gasteiger partial charge on any atom is 0.0495 e. The van der Waals surface area contributed by atoms with Crippen LogP contribution in [0.5, 0.6) is 0 Å². The molecule has 2 heterocycles. The van der Waals surface area contributed by atoms with Gasteiger partial charge in [0.25, 0.3) is 0 Å². The van der Waals surface area contributed by atoms with Crippen LogP contribution in [0.25, 0.3) is 0 Å². The number of nitrogens with two attached hydrogens (primary N) is 1. The smallest absolute Gasteiger partial charge is 0.0495 e. The van der Waals surface area contributed by atoms with Crippen molar-refractivity contribution in [2.75, 3.05) is 39.4 Å². The van der Waals surface area contributed by atoms with Crippen LogP contribution in [-0.2, 0) is 4.74 Å². The first-order valence-corrected chi connectivity index (χ1v) is 6.22. The highest BCUT2D eigenvalue weighted by atomic mass is 35.5. The van der Waals surface area contributed by atoms with Gasteiger partial charge in [-0.2, -0.15) is 0 Å². The predicted molar refractivity (Wildman–Crippen MR) is 69.0 cm³/mol. The molecule has 0 aliphatic carbocycles. The number of likely N-dealkylation sites (tertiary alicyclic amines) is 1. The first-order valence-electron chi connectivity index (χ1n) is 6.22. The Morgan fingerprint density at radius 1 is 1.50 bits per heavy atom. The largest absolute Gasteiger partial charge is 0.381 e. The molecule has 2 rings (SSSR count). The molecule has 0 aromatic rings. The Labute approximate surface area is 105 Å². The van der Waals surface area contributed by atoms with E-state index in [0.717, 1.165) is 25.7 Å². The van der Waals surface area contributed by atoms with E-state index in [-0.39, 0.29) is 12.4 Å². The van der Waals surface area contributed by atoms with E-state index in [9.17, 15) is 0 Å². The molecule has 96 valence electrons. The fraction of sp³-hybridized carbons (Fsp3) is 1.00. The average molecular weight is 249 g/mol. The summed E-state index contributed by atoms with van der Waals surface area (Å²) in [5, 5.41) is 0. The van der Waals surface area contributed by atoms with E-state index in [1.807, 2.05) is 0 Å². The Kier molecular flexibility index (Phi) is 5.51. The van der Waals surface area contributed by atoms with Crippen LogP contribution in [-0.4, -0.2) is 44.3 Å². The van der Waals surface area contributed by atoms with Gasteiger partial charge in [-0.05, 0) is 50.2 Å². The molecule has 2 atom stereocenters.